The summed E-state index contributed by atoms with van der Waals surface area (Å²) in [6, 6.07) is 84.4. The number of hydrogen-bond acceptors (Lipinski definition) is 0. The molecule has 0 N–H and O–H groups in total. The first kappa shape index (κ1) is 32.7. The Balaban J connectivity index is 1.16. The molecular weight excluding hydrogens is 687 g/mol. The molecule has 0 saturated carbocycles. The van der Waals surface area contributed by atoms with Gasteiger partial charge in [0.2, 0.25) is 6.71 Å². The van der Waals surface area contributed by atoms with Crippen molar-refractivity contribution in [3.63, 3.8) is 0 Å². The molecule has 11 rings (SSSR count). The van der Waals surface area contributed by atoms with E-state index in [2.05, 4.69) is 224 Å². The zero-order chi connectivity index (χ0) is 37.1. The monoisotopic (exact) mass is 724 g/mol. The standard InChI is InChI=1S/C54H37BSi/c1-3-19-39(20-4-1)56(40-21-5-2-6-22-40)53-33-17-15-31-51(53)55(52-32-16-18-34-54(52)56)50-30-14-13-23-41(50)38-35-36-48-46-28-10-9-26-44(46)42-24-7-8-25-43(42)45-27-11-12-29-47(45)49(48)37-38/h1-37H. The molecule has 0 amide bonds. The first-order chi connectivity index (χ1) is 27.8. The van der Waals surface area contributed by atoms with Crippen molar-refractivity contribution in [1.82, 2.24) is 0 Å². The lowest BCUT2D eigenvalue weighted by Gasteiger charge is -2.43. The van der Waals surface area contributed by atoms with Crippen molar-refractivity contribution in [2.24, 2.45) is 0 Å². The summed E-state index contributed by atoms with van der Waals surface area (Å²) < 4.78 is 0. The molecule has 0 fully saturated rings. The molecule has 0 aromatic heterocycles. The van der Waals surface area contributed by atoms with Crippen molar-refractivity contribution < 1.29 is 0 Å². The molecule has 0 spiro atoms. The average Bonchev–Trinajstić information content (AvgIpc) is 3.28. The van der Waals surface area contributed by atoms with Crippen LogP contribution in [0.3, 0.4) is 0 Å². The summed E-state index contributed by atoms with van der Waals surface area (Å²) in [5, 5.41) is 5.77. The minimum absolute atomic E-state index is 0.0635. The van der Waals surface area contributed by atoms with Gasteiger partial charge in [-0.1, -0.05) is 235 Å². The van der Waals surface area contributed by atoms with E-state index >= 15 is 0 Å². The zero-order valence-electron chi connectivity index (χ0n) is 30.9. The third-order valence-corrected chi connectivity index (χ3v) is 17.2. The van der Waals surface area contributed by atoms with Crippen LogP contribution in [0.2, 0.25) is 0 Å². The highest BCUT2D eigenvalue weighted by molar-refractivity contribution is 7.26. The molecule has 9 aromatic rings. The van der Waals surface area contributed by atoms with E-state index in [9.17, 15) is 0 Å². The van der Waals surface area contributed by atoms with Crippen LogP contribution in [0.1, 0.15) is 0 Å². The summed E-state index contributed by atoms with van der Waals surface area (Å²) in [5.74, 6) is 0. The fraction of sp³-hybridized carbons (Fsp3) is 0. The van der Waals surface area contributed by atoms with Gasteiger partial charge in [0, 0.05) is 0 Å². The van der Waals surface area contributed by atoms with E-state index < -0.39 is 8.07 Å². The van der Waals surface area contributed by atoms with Crippen molar-refractivity contribution in [1.29, 1.82) is 0 Å². The van der Waals surface area contributed by atoms with E-state index in [0.29, 0.717) is 0 Å². The Morgan fingerprint density at radius 2 is 0.589 bits per heavy atom. The summed E-state index contributed by atoms with van der Waals surface area (Å²) >= 11 is 0. The van der Waals surface area contributed by atoms with Crippen LogP contribution in [-0.2, 0) is 0 Å². The SMILES string of the molecule is c1ccc([Si]2(c3ccccc3)c3ccccc3B(c3ccccc3-c3ccc4c(c3)-c3ccccc3-c3ccccc3-c3ccccc3-4)c3ccccc32)cc1. The van der Waals surface area contributed by atoms with Gasteiger partial charge in [-0.05, 0) is 82.4 Å². The second-order valence-corrected chi connectivity index (χ2v) is 18.8. The lowest BCUT2D eigenvalue weighted by molar-refractivity contribution is 1.52. The van der Waals surface area contributed by atoms with Gasteiger partial charge in [-0.25, -0.2) is 0 Å². The Bertz CT molecular complexity index is 2830. The molecule has 0 unspecified atom stereocenters. The topological polar surface area (TPSA) is 0 Å². The van der Waals surface area contributed by atoms with Gasteiger partial charge in [0.05, 0.1) is 0 Å². The van der Waals surface area contributed by atoms with Crippen LogP contribution in [0, 0.1) is 0 Å². The van der Waals surface area contributed by atoms with Crippen molar-refractivity contribution in [2.45, 2.75) is 0 Å². The number of hydrogen-bond donors (Lipinski definition) is 0. The molecule has 0 atom stereocenters. The highest BCUT2D eigenvalue weighted by atomic mass is 28.3. The smallest absolute Gasteiger partial charge is 0.0683 e. The minimum atomic E-state index is -2.68. The Morgan fingerprint density at radius 1 is 0.250 bits per heavy atom. The molecule has 1 heterocycles. The largest absolute Gasteiger partial charge is 0.241 e. The van der Waals surface area contributed by atoms with E-state index in [4.69, 9.17) is 0 Å². The normalized spacial score (nSPS) is 13.1. The second-order valence-electron chi connectivity index (χ2n) is 15.1. The maximum absolute atomic E-state index is 2.68. The quantitative estimate of drug-likeness (QED) is 0.160. The Morgan fingerprint density at radius 3 is 1.05 bits per heavy atom. The van der Waals surface area contributed by atoms with Crippen LogP contribution in [0.5, 0.6) is 0 Å². The molecule has 1 aliphatic carbocycles. The van der Waals surface area contributed by atoms with Crippen molar-refractivity contribution in [3.05, 3.63) is 224 Å². The van der Waals surface area contributed by atoms with Gasteiger partial charge in [-0.15, -0.1) is 0 Å². The summed E-state index contributed by atoms with van der Waals surface area (Å²) in [4.78, 5) is 0. The second kappa shape index (κ2) is 13.2. The average molecular weight is 725 g/mol. The van der Waals surface area contributed by atoms with Gasteiger partial charge >= 0.3 is 0 Å². The molecule has 1 aliphatic heterocycles. The van der Waals surface area contributed by atoms with Crippen LogP contribution in [0.15, 0.2) is 224 Å². The van der Waals surface area contributed by atoms with E-state index in [0.717, 1.165) is 0 Å². The first-order valence-corrected chi connectivity index (χ1v) is 21.6. The summed E-state index contributed by atoms with van der Waals surface area (Å²) in [6.45, 7) is 0.0635. The van der Waals surface area contributed by atoms with E-state index in [-0.39, 0.29) is 6.71 Å². The molecule has 0 saturated heterocycles. The summed E-state index contributed by atoms with van der Waals surface area (Å²) in [5.41, 5.74) is 16.8. The zero-order valence-corrected chi connectivity index (χ0v) is 31.9. The van der Waals surface area contributed by atoms with Crippen LogP contribution in [0.25, 0.3) is 55.6 Å². The lowest BCUT2D eigenvalue weighted by Crippen LogP contribution is -2.86. The molecular formula is C54H37BSi. The first-order valence-electron chi connectivity index (χ1n) is 19.6. The number of benzene rings is 9. The highest BCUT2D eigenvalue weighted by Gasteiger charge is 2.50. The lowest BCUT2D eigenvalue weighted by atomic mass is 9.35. The van der Waals surface area contributed by atoms with Crippen molar-refractivity contribution in [3.8, 4) is 55.6 Å². The van der Waals surface area contributed by atoms with Gasteiger partial charge in [0.15, 0.2) is 8.07 Å². The molecule has 9 aromatic carbocycles. The molecule has 0 bridgehead atoms. The van der Waals surface area contributed by atoms with Crippen LogP contribution in [-0.4, -0.2) is 14.8 Å². The maximum atomic E-state index is 2.46. The highest BCUT2D eigenvalue weighted by Crippen LogP contribution is 2.48. The number of rotatable bonds is 4. The predicted molar refractivity (Wildman–Crippen MR) is 242 cm³/mol. The molecule has 260 valence electrons. The van der Waals surface area contributed by atoms with E-state index in [1.54, 1.807) is 0 Å². The summed E-state index contributed by atoms with van der Waals surface area (Å²) in [6.07, 6.45) is 0. The van der Waals surface area contributed by atoms with Gasteiger partial charge in [0.1, 0.15) is 0 Å². The van der Waals surface area contributed by atoms with Gasteiger partial charge in [-0.2, -0.15) is 0 Å². The van der Waals surface area contributed by atoms with Gasteiger partial charge < -0.3 is 0 Å². The van der Waals surface area contributed by atoms with Crippen LogP contribution < -0.4 is 37.1 Å². The van der Waals surface area contributed by atoms with E-state index in [1.165, 1.54) is 92.8 Å². The van der Waals surface area contributed by atoms with Crippen LogP contribution >= 0.6 is 0 Å². The fourth-order valence-electron chi connectivity index (χ4n) is 10.0. The molecule has 0 radical (unpaired) electrons. The Hall–Kier alpha value is -6.74. The third kappa shape index (κ3) is 4.86. The fourth-order valence-corrected chi connectivity index (χ4v) is 15.3. The minimum Gasteiger partial charge on any atom is -0.0683 e. The van der Waals surface area contributed by atoms with Crippen molar-refractivity contribution >= 4 is 51.9 Å². The van der Waals surface area contributed by atoms with E-state index in [1.807, 2.05) is 0 Å². The predicted octanol–water partition coefficient (Wildman–Crippen LogP) is 8.54. The molecule has 56 heavy (non-hydrogen) atoms. The van der Waals surface area contributed by atoms with Crippen molar-refractivity contribution in [2.75, 3.05) is 0 Å². The van der Waals surface area contributed by atoms with Crippen LogP contribution in [0.4, 0.5) is 0 Å². The molecule has 0 nitrogen and oxygen atoms in total. The Labute approximate surface area is 330 Å². The molecule has 2 heteroatoms. The van der Waals surface area contributed by atoms with Gasteiger partial charge in [0.25, 0.3) is 0 Å². The maximum Gasteiger partial charge on any atom is 0.241 e. The number of fused-ring (bicyclic) bond motifs is 10. The third-order valence-electron chi connectivity index (χ3n) is 12.3. The van der Waals surface area contributed by atoms with Gasteiger partial charge in [-0.3, -0.25) is 0 Å². The molecule has 2 aliphatic rings. The summed E-state index contributed by atoms with van der Waals surface area (Å²) in [7, 11) is -2.68. The Kier molecular flexibility index (Phi) is 7.72.